The van der Waals surface area contributed by atoms with Crippen LogP contribution in [0.15, 0.2) is 42.7 Å². The molecule has 2 aromatic rings. The van der Waals surface area contributed by atoms with E-state index in [9.17, 15) is 0 Å². The molecule has 1 fully saturated rings. The number of hydrogen-bond acceptors (Lipinski definition) is 5. The van der Waals surface area contributed by atoms with E-state index in [1.165, 1.54) is 18.4 Å². The number of anilines is 2. The molecule has 1 atom stereocenters. The van der Waals surface area contributed by atoms with E-state index in [1.807, 2.05) is 31.2 Å². The Balaban J connectivity index is 1.65. The maximum absolute atomic E-state index is 5.86. The molecule has 1 aromatic heterocycles. The minimum absolute atomic E-state index is 0.0198. The molecule has 0 aliphatic carbocycles. The molecular formula is C18H24N4O. The number of benzene rings is 1. The summed E-state index contributed by atoms with van der Waals surface area (Å²) in [5.41, 5.74) is 1.18. The third-order valence-corrected chi connectivity index (χ3v) is 4.09. The predicted octanol–water partition coefficient (Wildman–Crippen LogP) is 3.27. The van der Waals surface area contributed by atoms with Crippen molar-refractivity contribution in [2.75, 3.05) is 36.5 Å². The molecule has 1 saturated heterocycles. The van der Waals surface area contributed by atoms with E-state index >= 15 is 0 Å². The van der Waals surface area contributed by atoms with Crippen LogP contribution in [0.1, 0.15) is 31.4 Å². The van der Waals surface area contributed by atoms with Gasteiger partial charge in [0.25, 0.3) is 0 Å². The monoisotopic (exact) mass is 312 g/mol. The van der Waals surface area contributed by atoms with Crippen LogP contribution in [0.25, 0.3) is 0 Å². The van der Waals surface area contributed by atoms with E-state index in [0.717, 1.165) is 24.7 Å². The van der Waals surface area contributed by atoms with Crippen molar-refractivity contribution in [3.8, 4) is 0 Å². The Bertz CT molecular complexity index is 599. The van der Waals surface area contributed by atoms with Crippen molar-refractivity contribution in [3.05, 3.63) is 48.3 Å². The first kappa shape index (κ1) is 15.7. The maximum Gasteiger partial charge on any atom is 0.134 e. The van der Waals surface area contributed by atoms with Crippen LogP contribution >= 0.6 is 0 Å². The third kappa shape index (κ3) is 4.20. The van der Waals surface area contributed by atoms with Crippen molar-refractivity contribution in [1.29, 1.82) is 0 Å². The van der Waals surface area contributed by atoms with Crippen LogP contribution < -0.4 is 10.2 Å². The third-order valence-electron chi connectivity index (χ3n) is 4.09. The molecule has 5 nitrogen and oxygen atoms in total. The normalized spacial score (nSPS) is 15.6. The summed E-state index contributed by atoms with van der Waals surface area (Å²) in [6, 6.07) is 12.3. The van der Waals surface area contributed by atoms with Crippen LogP contribution in [0.2, 0.25) is 0 Å². The second kappa shape index (κ2) is 7.92. The Morgan fingerprint density at radius 1 is 1.17 bits per heavy atom. The first-order valence-corrected chi connectivity index (χ1v) is 8.34. The van der Waals surface area contributed by atoms with E-state index in [2.05, 4.69) is 32.3 Å². The minimum atomic E-state index is 0.0198. The van der Waals surface area contributed by atoms with Crippen molar-refractivity contribution in [2.24, 2.45) is 0 Å². The lowest BCUT2D eigenvalue weighted by Gasteiger charge is -2.20. The predicted molar refractivity (Wildman–Crippen MR) is 92.8 cm³/mol. The van der Waals surface area contributed by atoms with Gasteiger partial charge in [0.1, 0.15) is 18.0 Å². The molecule has 0 radical (unpaired) electrons. The fourth-order valence-corrected chi connectivity index (χ4v) is 2.90. The average molecular weight is 312 g/mol. The summed E-state index contributed by atoms with van der Waals surface area (Å²) < 4.78 is 5.86. The van der Waals surface area contributed by atoms with E-state index < -0.39 is 0 Å². The van der Waals surface area contributed by atoms with Crippen molar-refractivity contribution in [2.45, 2.75) is 25.9 Å². The van der Waals surface area contributed by atoms with Gasteiger partial charge >= 0.3 is 0 Å². The molecule has 23 heavy (non-hydrogen) atoms. The van der Waals surface area contributed by atoms with Crippen molar-refractivity contribution < 1.29 is 4.74 Å². The molecule has 1 unspecified atom stereocenters. The summed E-state index contributed by atoms with van der Waals surface area (Å²) in [4.78, 5) is 11.0. The molecule has 0 spiro atoms. The molecule has 1 aromatic carbocycles. The van der Waals surface area contributed by atoms with Crippen LogP contribution in [0, 0.1) is 0 Å². The number of nitrogens with zero attached hydrogens (tertiary/aromatic N) is 3. The number of hydrogen-bond donors (Lipinski definition) is 1. The quantitative estimate of drug-likeness (QED) is 0.850. The van der Waals surface area contributed by atoms with E-state index in [4.69, 9.17) is 4.74 Å². The van der Waals surface area contributed by atoms with Gasteiger partial charge in [-0.05, 0) is 25.3 Å². The maximum atomic E-state index is 5.86. The molecule has 2 heterocycles. The van der Waals surface area contributed by atoms with Gasteiger partial charge in [-0.15, -0.1) is 0 Å². The Labute approximate surface area is 137 Å². The zero-order chi connectivity index (χ0) is 15.9. The summed E-state index contributed by atoms with van der Waals surface area (Å²) >= 11 is 0. The molecular weight excluding hydrogens is 288 g/mol. The highest BCUT2D eigenvalue weighted by molar-refractivity contribution is 5.49. The SMILES string of the molecule is CCOC(CNc1cc(N2CCCC2)ncn1)c1ccccc1. The van der Waals surface area contributed by atoms with E-state index in [-0.39, 0.29) is 6.10 Å². The number of aromatic nitrogens is 2. The Morgan fingerprint density at radius 3 is 2.70 bits per heavy atom. The molecule has 5 heteroatoms. The highest BCUT2D eigenvalue weighted by Crippen LogP contribution is 2.21. The summed E-state index contributed by atoms with van der Waals surface area (Å²) in [7, 11) is 0. The van der Waals surface area contributed by atoms with Gasteiger partial charge < -0.3 is 15.0 Å². The summed E-state index contributed by atoms with van der Waals surface area (Å²) in [6.07, 6.45) is 4.14. The Hall–Kier alpha value is -2.14. The number of ether oxygens (including phenoxy) is 1. The van der Waals surface area contributed by atoms with Crippen LogP contribution in [-0.4, -0.2) is 36.2 Å². The molecule has 0 bridgehead atoms. The van der Waals surface area contributed by atoms with Crippen LogP contribution in [0.4, 0.5) is 11.6 Å². The molecule has 3 rings (SSSR count). The minimum Gasteiger partial charge on any atom is -0.372 e. The zero-order valence-electron chi connectivity index (χ0n) is 13.6. The molecule has 122 valence electrons. The molecule has 1 N–H and O–H groups in total. The number of rotatable bonds is 7. The smallest absolute Gasteiger partial charge is 0.134 e. The topological polar surface area (TPSA) is 50.3 Å². The van der Waals surface area contributed by atoms with Gasteiger partial charge in [-0.25, -0.2) is 9.97 Å². The summed E-state index contributed by atoms with van der Waals surface area (Å²) in [5.74, 6) is 1.86. The lowest BCUT2D eigenvalue weighted by Crippen LogP contribution is -2.20. The van der Waals surface area contributed by atoms with Crippen molar-refractivity contribution >= 4 is 11.6 Å². The fourth-order valence-electron chi connectivity index (χ4n) is 2.90. The van der Waals surface area contributed by atoms with Crippen molar-refractivity contribution in [1.82, 2.24) is 9.97 Å². The summed E-state index contributed by atoms with van der Waals surface area (Å²) in [5, 5.41) is 3.39. The van der Waals surface area contributed by atoms with Gasteiger partial charge in [-0.2, -0.15) is 0 Å². The second-order valence-corrected chi connectivity index (χ2v) is 5.69. The largest absolute Gasteiger partial charge is 0.372 e. The van der Waals surface area contributed by atoms with Gasteiger partial charge in [0.05, 0.1) is 6.10 Å². The van der Waals surface area contributed by atoms with Gasteiger partial charge in [0, 0.05) is 32.3 Å². The fraction of sp³-hybridized carbons (Fsp3) is 0.444. The Morgan fingerprint density at radius 2 is 1.96 bits per heavy atom. The molecule has 0 amide bonds. The second-order valence-electron chi connectivity index (χ2n) is 5.69. The van der Waals surface area contributed by atoms with Crippen LogP contribution in [0.5, 0.6) is 0 Å². The highest BCUT2D eigenvalue weighted by atomic mass is 16.5. The Kier molecular flexibility index (Phi) is 5.42. The zero-order valence-corrected chi connectivity index (χ0v) is 13.6. The standard InChI is InChI=1S/C18H24N4O/c1-2-23-16(15-8-4-3-5-9-15)13-19-17-12-18(21-14-20-17)22-10-6-7-11-22/h3-5,8-9,12,14,16H,2,6-7,10-11,13H2,1H3,(H,19,20,21). The van der Waals surface area contributed by atoms with Gasteiger partial charge in [-0.1, -0.05) is 30.3 Å². The van der Waals surface area contributed by atoms with Gasteiger partial charge in [0.15, 0.2) is 0 Å². The average Bonchev–Trinajstić information content (AvgIpc) is 3.14. The first-order chi connectivity index (χ1) is 11.4. The highest BCUT2D eigenvalue weighted by Gasteiger charge is 2.15. The van der Waals surface area contributed by atoms with Crippen molar-refractivity contribution in [3.63, 3.8) is 0 Å². The van der Waals surface area contributed by atoms with Crippen LogP contribution in [-0.2, 0) is 4.74 Å². The lowest BCUT2D eigenvalue weighted by molar-refractivity contribution is 0.0718. The van der Waals surface area contributed by atoms with Gasteiger partial charge in [0.2, 0.25) is 0 Å². The lowest BCUT2D eigenvalue weighted by atomic mass is 10.1. The van der Waals surface area contributed by atoms with Gasteiger partial charge in [-0.3, -0.25) is 0 Å². The van der Waals surface area contributed by atoms with Crippen LogP contribution in [0.3, 0.4) is 0 Å². The number of nitrogens with one attached hydrogen (secondary N) is 1. The molecule has 0 saturated carbocycles. The summed E-state index contributed by atoms with van der Waals surface area (Å²) in [6.45, 7) is 5.56. The van der Waals surface area contributed by atoms with E-state index in [1.54, 1.807) is 6.33 Å². The molecule has 1 aliphatic heterocycles. The first-order valence-electron chi connectivity index (χ1n) is 8.34. The molecule has 1 aliphatic rings. The van der Waals surface area contributed by atoms with E-state index in [0.29, 0.717) is 13.2 Å².